The van der Waals surface area contributed by atoms with Crippen molar-refractivity contribution in [2.24, 2.45) is 17.8 Å². The fourth-order valence-corrected chi connectivity index (χ4v) is 3.02. The van der Waals surface area contributed by atoms with Gasteiger partial charge < -0.3 is 0 Å². The van der Waals surface area contributed by atoms with Crippen molar-refractivity contribution in [3.63, 3.8) is 0 Å². The van der Waals surface area contributed by atoms with Crippen LogP contribution < -0.4 is 0 Å². The summed E-state index contributed by atoms with van der Waals surface area (Å²) in [6, 6.07) is 0. The number of carbonyl (C=O) groups excluding carboxylic acids is 1. The molecule has 68 valence electrons. The van der Waals surface area contributed by atoms with Gasteiger partial charge in [0.25, 0.3) is 0 Å². The Balaban J connectivity index is 2.13. The monoisotopic (exact) mass is 166 g/mol. The number of fused-ring (bicyclic) bond motifs is 1. The van der Waals surface area contributed by atoms with Crippen LogP contribution >= 0.6 is 0 Å². The maximum atomic E-state index is 11.6. The molecule has 3 atom stereocenters. The first-order chi connectivity index (χ1) is 5.79. The van der Waals surface area contributed by atoms with Crippen LogP contribution in [0.25, 0.3) is 0 Å². The summed E-state index contributed by atoms with van der Waals surface area (Å²) in [7, 11) is 0. The van der Waals surface area contributed by atoms with Crippen LogP contribution in [0.5, 0.6) is 0 Å². The Kier molecular flexibility index (Phi) is 2.20. The summed E-state index contributed by atoms with van der Waals surface area (Å²) in [5, 5.41) is 0. The topological polar surface area (TPSA) is 17.1 Å². The number of hydrogen-bond donors (Lipinski definition) is 0. The van der Waals surface area contributed by atoms with Gasteiger partial charge in [-0.15, -0.1) is 0 Å². The molecular weight excluding hydrogens is 148 g/mol. The largest absolute Gasteiger partial charge is 0.299 e. The van der Waals surface area contributed by atoms with Gasteiger partial charge in [0.1, 0.15) is 5.78 Å². The molecule has 12 heavy (non-hydrogen) atoms. The zero-order valence-electron chi connectivity index (χ0n) is 7.88. The van der Waals surface area contributed by atoms with E-state index in [1.807, 2.05) is 0 Å². The Morgan fingerprint density at radius 3 is 2.83 bits per heavy atom. The van der Waals surface area contributed by atoms with Gasteiger partial charge in [-0.2, -0.15) is 0 Å². The van der Waals surface area contributed by atoms with Gasteiger partial charge in [0.15, 0.2) is 0 Å². The molecule has 0 heterocycles. The van der Waals surface area contributed by atoms with Crippen molar-refractivity contribution in [2.45, 2.75) is 45.4 Å². The van der Waals surface area contributed by atoms with Crippen LogP contribution in [0.3, 0.4) is 0 Å². The molecule has 3 unspecified atom stereocenters. The Morgan fingerprint density at radius 2 is 2.00 bits per heavy atom. The van der Waals surface area contributed by atoms with Gasteiger partial charge >= 0.3 is 0 Å². The molecule has 2 fully saturated rings. The highest BCUT2D eigenvalue weighted by Crippen LogP contribution is 2.42. The van der Waals surface area contributed by atoms with Gasteiger partial charge in [-0.3, -0.25) is 4.79 Å². The highest BCUT2D eigenvalue weighted by molar-refractivity contribution is 5.81. The summed E-state index contributed by atoms with van der Waals surface area (Å²) >= 11 is 0. The van der Waals surface area contributed by atoms with Crippen LogP contribution in [0.4, 0.5) is 0 Å². The Morgan fingerprint density at radius 1 is 1.17 bits per heavy atom. The van der Waals surface area contributed by atoms with E-state index in [0.29, 0.717) is 11.7 Å². The smallest absolute Gasteiger partial charge is 0.136 e. The summed E-state index contributed by atoms with van der Waals surface area (Å²) < 4.78 is 0. The maximum absolute atomic E-state index is 11.6. The quantitative estimate of drug-likeness (QED) is 0.541. The number of ketones is 1. The van der Waals surface area contributed by atoms with Crippen LogP contribution in [0, 0.1) is 17.8 Å². The fourth-order valence-electron chi connectivity index (χ4n) is 3.02. The zero-order valence-corrected chi connectivity index (χ0v) is 7.88. The van der Waals surface area contributed by atoms with Crippen molar-refractivity contribution < 1.29 is 4.79 Å². The minimum absolute atomic E-state index is 0.461. The van der Waals surface area contributed by atoms with Crippen LogP contribution in [0.1, 0.15) is 45.4 Å². The molecule has 2 saturated carbocycles. The van der Waals surface area contributed by atoms with Gasteiger partial charge in [0.2, 0.25) is 0 Å². The average molecular weight is 166 g/mol. The zero-order chi connectivity index (χ0) is 8.55. The fraction of sp³-hybridized carbons (Fsp3) is 0.909. The number of rotatable bonds is 0. The third-order valence-corrected chi connectivity index (χ3v) is 3.80. The minimum atomic E-state index is 0.461. The first-order valence-corrected chi connectivity index (χ1v) is 5.32. The lowest BCUT2D eigenvalue weighted by molar-refractivity contribution is -0.123. The third-order valence-electron chi connectivity index (χ3n) is 3.80. The molecule has 1 nitrogen and oxygen atoms in total. The third kappa shape index (κ3) is 1.30. The predicted molar refractivity (Wildman–Crippen MR) is 48.9 cm³/mol. The Bertz CT molecular complexity index is 185. The molecule has 0 radical (unpaired) electrons. The predicted octanol–water partition coefficient (Wildman–Crippen LogP) is 2.79. The van der Waals surface area contributed by atoms with Crippen molar-refractivity contribution in [1.29, 1.82) is 0 Å². The van der Waals surface area contributed by atoms with Gasteiger partial charge in [-0.05, 0) is 37.5 Å². The first-order valence-electron chi connectivity index (χ1n) is 5.32. The van der Waals surface area contributed by atoms with Crippen molar-refractivity contribution in [2.75, 3.05) is 0 Å². The Hall–Kier alpha value is -0.330. The normalized spacial score (nSPS) is 42.4. The lowest BCUT2D eigenvalue weighted by atomic mass is 9.86. The van der Waals surface area contributed by atoms with E-state index < -0.39 is 0 Å². The molecule has 0 N–H and O–H groups in total. The molecule has 0 aromatic carbocycles. The molecule has 0 aromatic rings. The highest BCUT2D eigenvalue weighted by Gasteiger charge is 2.38. The molecule has 0 spiro atoms. The molecule has 0 aromatic heterocycles. The minimum Gasteiger partial charge on any atom is -0.299 e. The molecule has 1 heteroatoms. The second kappa shape index (κ2) is 3.20. The van der Waals surface area contributed by atoms with Gasteiger partial charge in [0, 0.05) is 12.3 Å². The van der Waals surface area contributed by atoms with Gasteiger partial charge in [-0.25, -0.2) is 0 Å². The van der Waals surface area contributed by atoms with E-state index in [1.165, 1.54) is 25.7 Å². The summed E-state index contributed by atoms with van der Waals surface area (Å²) in [5.74, 6) is 2.60. The first kappa shape index (κ1) is 8.28. The second-order valence-corrected chi connectivity index (χ2v) is 4.54. The summed E-state index contributed by atoms with van der Waals surface area (Å²) in [4.78, 5) is 11.6. The van der Waals surface area contributed by atoms with E-state index in [9.17, 15) is 4.79 Å². The van der Waals surface area contributed by atoms with Crippen LogP contribution in [0.15, 0.2) is 0 Å². The van der Waals surface area contributed by atoms with Crippen LogP contribution in [0.2, 0.25) is 0 Å². The van der Waals surface area contributed by atoms with E-state index in [1.54, 1.807) is 0 Å². The summed E-state index contributed by atoms with van der Waals surface area (Å²) in [6.07, 6.45) is 7.10. The van der Waals surface area contributed by atoms with E-state index >= 15 is 0 Å². The SMILES string of the molecule is CC1CCC2C(=O)CCCCC12. The molecule has 2 aliphatic carbocycles. The number of carbonyl (C=O) groups is 1. The standard InChI is InChI=1S/C11H18O/c1-8-6-7-10-9(8)4-2-3-5-11(10)12/h8-10H,2-7H2,1H3. The van der Waals surface area contributed by atoms with Crippen molar-refractivity contribution in [1.82, 2.24) is 0 Å². The molecule has 2 aliphatic rings. The van der Waals surface area contributed by atoms with E-state index in [2.05, 4.69) is 6.92 Å². The van der Waals surface area contributed by atoms with Crippen LogP contribution in [-0.4, -0.2) is 5.78 Å². The van der Waals surface area contributed by atoms with E-state index in [4.69, 9.17) is 0 Å². The lowest BCUT2D eigenvalue weighted by Crippen LogP contribution is -2.18. The van der Waals surface area contributed by atoms with Gasteiger partial charge in [0.05, 0.1) is 0 Å². The Labute approximate surface area is 74.5 Å². The molecular formula is C11H18O. The van der Waals surface area contributed by atoms with Gasteiger partial charge in [-0.1, -0.05) is 13.3 Å². The summed E-state index contributed by atoms with van der Waals surface area (Å²) in [6.45, 7) is 2.32. The van der Waals surface area contributed by atoms with Crippen molar-refractivity contribution >= 4 is 5.78 Å². The number of Topliss-reactive ketones (excluding diaryl/α,β-unsaturated/α-hetero) is 1. The maximum Gasteiger partial charge on any atom is 0.136 e. The second-order valence-electron chi connectivity index (χ2n) is 4.54. The summed E-state index contributed by atoms with van der Waals surface area (Å²) in [5.41, 5.74) is 0. The average Bonchev–Trinajstić information content (AvgIpc) is 2.30. The molecule has 2 rings (SSSR count). The molecule has 0 amide bonds. The van der Waals surface area contributed by atoms with E-state index in [-0.39, 0.29) is 0 Å². The number of hydrogen-bond acceptors (Lipinski definition) is 1. The molecule has 0 saturated heterocycles. The van der Waals surface area contributed by atoms with Crippen molar-refractivity contribution in [3.8, 4) is 0 Å². The molecule has 0 aliphatic heterocycles. The molecule has 0 bridgehead atoms. The van der Waals surface area contributed by atoms with Crippen molar-refractivity contribution in [3.05, 3.63) is 0 Å². The lowest BCUT2D eigenvalue weighted by Gasteiger charge is -2.18. The van der Waals surface area contributed by atoms with E-state index in [0.717, 1.165) is 24.7 Å². The van der Waals surface area contributed by atoms with Crippen LogP contribution in [-0.2, 0) is 4.79 Å². The highest BCUT2D eigenvalue weighted by atomic mass is 16.1.